The zero-order valence-corrected chi connectivity index (χ0v) is 12.8. The van der Waals surface area contributed by atoms with Crippen LogP contribution in [0.25, 0.3) is 0 Å². The maximum absolute atomic E-state index is 6.19. The van der Waals surface area contributed by atoms with Crippen molar-refractivity contribution >= 4 is 35.0 Å². The van der Waals surface area contributed by atoms with Gasteiger partial charge in [0.2, 0.25) is 0 Å². The van der Waals surface area contributed by atoms with E-state index in [-0.39, 0.29) is 0 Å². The summed E-state index contributed by atoms with van der Waals surface area (Å²) >= 11 is 14.2. The first-order valence-electron chi connectivity index (χ1n) is 5.76. The van der Waals surface area contributed by atoms with Crippen LogP contribution in [0.15, 0.2) is 18.2 Å². The summed E-state index contributed by atoms with van der Waals surface area (Å²) in [6, 6.07) is 6.24. The number of hydrogen-bond donors (Lipinski definition) is 1. The van der Waals surface area contributed by atoms with Crippen LogP contribution in [-0.2, 0) is 6.42 Å². The largest absolute Gasteiger partial charge is 0.316 e. The summed E-state index contributed by atoms with van der Waals surface area (Å²) in [4.78, 5) is 0. The molecule has 1 aromatic rings. The number of rotatable bonds is 6. The van der Waals surface area contributed by atoms with Gasteiger partial charge >= 0.3 is 0 Å². The third-order valence-corrected chi connectivity index (χ3v) is 4.66. The Kier molecular flexibility index (Phi) is 6.71. The number of halogens is 2. The summed E-state index contributed by atoms with van der Waals surface area (Å²) in [5, 5.41) is 5.30. The topological polar surface area (TPSA) is 12.0 Å². The van der Waals surface area contributed by atoms with Gasteiger partial charge in [0.25, 0.3) is 0 Å². The summed E-state index contributed by atoms with van der Waals surface area (Å²) in [6.07, 6.45) is 0.912. The second-order valence-electron chi connectivity index (χ2n) is 4.28. The molecule has 1 rings (SSSR count). The SMILES string of the molecule is CNC(CSC(C)C)Cc1cccc(Cl)c1Cl. The highest BCUT2D eigenvalue weighted by Crippen LogP contribution is 2.27. The van der Waals surface area contributed by atoms with Crippen molar-refractivity contribution in [2.45, 2.75) is 31.6 Å². The monoisotopic (exact) mass is 291 g/mol. The van der Waals surface area contributed by atoms with E-state index in [0.29, 0.717) is 21.3 Å². The number of hydrogen-bond acceptors (Lipinski definition) is 2. The van der Waals surface area contributed by atoms with Crippen molar-refractivity contribution in [1.82, 2.24) is 5.32 Å². The van der Waals surface area contributed by atoms with Gasteiger partial charge in [0.1, 0.15) is 0 Å². The third-order valence-electron chi connectivity index (χ3n) is 2.54. The van der Waals surface area contributed by atoms with Crippen LogP contribution >= 0.6 is 35.0 Å². The fraction of sp³-hybridized carbons (Fsp3) is 0.538. The molecule has 0 aromatic heterocycles. The molecule has 96 valence electrons. The van der Waals surface area contributed by atoms with Gasteiger partial charge in [-0.25, -0.2) is 0 Å². The quantitative estimate of drug-likeness (QED) is 0.840. The molecule has 0 amide bonds. The molecule has 1 aromatic carbocycles. The van der Waals surface area contributed by atoms with E-state index in [0.717, 1.165) is 17.7 Å². The van der Waals surface area contributed by atoms with Crippen molar-refractivity contribution in [3.63, 3.8) is 0 Å². The lowest BCUT2D eigenvalue weighted by atomic mass is 10.1. The molecule has 1 N–H and O–H groups in total. The summed E-state index contributed by atoms with van der Waals surface area (Å²) in [7, 11) is 1.99. The molecular formula is C13H19Cl2NS. The second-order valence-corrected chi connectivity index (χ2v) is 6.68. The predicted molar refractivity (Wildman–Crippen MR) is 80.6 cm³/mol. The molecule has 17 heavy (non-hydrogen) atoms. The zero-order chi connectivity index (χ0) is 12.8. The Hall–Kier alpha value is 0.110. The van der Waals surface area contributed by atoms with Crippen molar-refractivity contribution in [3.05, 3.63) is 33.8 Å². The molecule has 0 aliphatic rings. The summed E-state index contributed by atoms with van der Waals surface area (Å²) < 4.78 is 0. The Balaban J connectivity index is 2.64. The Morgan fingerprint density at radius 3 is 2.59 bits per heavy atom. The fourth-order valence-electron chi connectivity index (χ4n) is 1.52. The average Bonchev–Trinajstić information content (AvgIpc) is 2.29. The molecule has 0 saturated heterocycles. The fourth-order valence-corrected chi connectivity index (χ4v) is 2.82. The molecule has 4 heteroatoms. The zero-order valence-electron chi connectivity index (χ0n) is 10.5. The first-order chi connectivity index (χ1) is 8.04. The minimum atomic E-state index is 0.429. The minimum absolute atomic E-state index is 0.429. The number of benzene rings is 1. The van der Waals surface area contributed by atoms with Gasteiger partial charge in [0.15, 0.2) is 0 Å². The van der Waals surface area contributed by atoms with Gasteiger partial charge in [-0.05, 0) is 30.3 Å². The van der Waals surface area contributed by atoms with Crippen LogP contribution < -0.4 is 5.32 Å². The van der Waals surface area contributed by atoms with E-state index in [1.807, 2.05) is 37.0 Å². The molecule has 1 nitrogen and oxygen atoms in total. The minimum Gasteiger partial charge on any atom is -0.316 e. The van der Waals surface area contributed by atoms with E-state index in [1.54, 1.807) is 0 Å². The second kappa shape index (κ2) is 7.52. The number of thioether (sulfide) groups is 1. The third kappa shape index (κ3) is 5.09. The Morgan fingerprint density at radius 1 is 1.29 bits per heavy atom. The Labute approximate surface area is 118 Å². The molecule has 0 bridgehead atoms. The van der Waals surface area contributed by atoms with Crippen molar-refractivity contribution < 1.29 is 0 Å². The van der Waals surface area contributed by atoms with Gasteiger partial charge in [0.05, 0.1) is 10.0 Å². The van der Waals surface area contributed by atoms with Crippen molar-refractivity contribution in [2.24, 2.45) is 0 Å². The van der Waals surface area contributed by atoms with Gasteiger partial charge in [-0.3, -0.25) is 0 Å². The molecule has 0 spiro atoms. The highest BCUT2D eigenvalue weighted by atomic mass is 35.5. The molecule has 0 heterocycles. The van der Waals surface area contributed by atoms with Gasteiger partial charge in [-0.1, -0.05) is 49.2 Å². The van der Waals surface area contributed by atoms with Crippen molar-refractivity contribution in [2.75, 3.05) is 12.8 Å². The van der Waals surface area contributed by atoms with Crippen molar-refractivity contribution in [3.8, 4) is 0 Å². The Bertz CT molecular complexity index is 355. The maximum Gasteiger partial charge on any atom is 0.0624 e. The van der Waals surface area contributed by atoms with Crippen molar-refractivity contribution in [1.29, 1.82) is 0 Å². The molecule has 0 radical (unpaired) electrons. The number of nitrogens with one attached hydrogen (secondary N) is 1. The number of likely N-dealkylation sites (N-methyl/N-ethyl adjacent to an activating group) is 1. The van der Waals surface area contributed by atoms with E-state index in [2.05, 4.69) is 19.2 Å². The van der Waals surface area contributed by atoms with Crippen LogP contribution in [0.4, 0.5) is 0 Å². The standard InChI is InChI=1S/C13H19Cl2NS/c1-9(2)17-8-11(16-3)7-10-5-4-6-12(14)13(10)15/h4-6,9,11,16H,7-8H2,1-3H3. The molecule has 1 unspecified atom stereocenters. The van der Waals surface area contributed by atoms with Gasteiger partial charge in [0, 0.05) is 11.8 Å². The average molecular weight is 292 g/mol. The van der Waals surface area contributed by atoms with Crippen LogP contribution in [0.5, 0.6) is 0 Å². The lowest BCUT2D eigenvalue weighted by Crippen LogP contribution is -2.30. The predicted octanol–water partition coefficient (Wildman–Crippen LogP) is 4.27. The highest BCUT2D eigenvalue weighted by Gasteiger charge is 2.12. The van der Waals surface area contributed by atoms with E-state index in [9.17, 15) is 0 Å². The van der Waals surface area contributed by atoms with E-state index in [4.69, 9.17) is 23.2 Å². The first-order valence-corrected chi connectivity index (χ1v) is 7.56. The van der Waals surface area contributed by atoms with E-state index >= 15 is 0 Å². The summed E-state index contributed by atoms with van der Waals surface area (Å²) in [5.74, 6) is 1.08. The molecule has 0 aliphatic carbocycles. The van der Waals surface area contributed by atoms with E-state index in [1.165, 1.54) is 0 Å². The normalized spacial score (nSPS) is 13.1. The van der Waals surface area contributed by atoms with Crippen LogP contribution in [0.3, 0.4) is 0 Å². The highest BCUT2D eigenvalue weighted by molar-refractivity contribution is 7.99. The molecular weight excluding hydrogens is 273 g/mol. The smallest absolute Gasteiger partial charge is 0.0624 e. The van der Waals surface area contributed by atoms with E-state index < -0.39 is 0 Å². The molecule has 1 atom stereocenters. The van der Waals surface area contributed by atoms with Crippen LogP contribution in [-0.4, -0.2) is 24.1 Å². The van der Waals surface area contributed by atoms with Gasteiger partial charge in [-0.15, -0.1) is 0 Å². The lowest BCUT2D eigenvalue weighted by molar-refractivity contribution is 0.616. The molecule has 0 saturated carbocycles. The molecule has 0 fully saturated rings. The summed E-state index contributed by atoms with van der Waals surface area (Å²) in [5.41, 5.74) is 1.11. The lowest BCUT2D eigenvalue weighted by Gasteiger charge is -2.18. The van der Waals surface area contributed by atoms with Crippen LogP contribution in [0, 0.1) is 0 Å². The van der Waals surface area contributed by atoms with Gasteiger partial charge < -0.3 is 5.32 Å². The maximum atomic E-state index is 6.19. The Morgan fingerprint density at radius 2 is 2.00 bits per heavy atom. The molecule has 0 aliphatic heterocycles. The summed E-state index contributed by atoms with van der Waals surface area (Å²) in [6.45, 7) is 4.42. The van der Waals surface area contributed by atoms with Crippen LogP contribution in [0.2, 0.25) is 10.0 Å². The first kappa shape index (κ1) is 15.2. The van der Waals surface area contributed by atoms with Gasteiger partial charge in [-0.2, -0.15) is 11.8 Å². The van der Waals surface area contributed by atoms with Crippen LogP contribution in [0.1, 0.15) is 19.4 Å².